The maximum absolute atomic E-state index is 13.3. The van der Waals surface area contributed by atoms with Crippen molar-refractivity contribution in [3.63, 3.8) is 0 Å². The Morgan fingerprint density at radius 1 is 0.644 bits per heavy atom. The second-order valence-corrected chi connectivity index (χ2v) is 13.4. The molecule has 0 saturated carbocycles. The summed E-state index contributed by atoms with van der Waals surface area (Å²) in [5, 5.41) is 8.02. The number of rotatable bonds is 32. The van der Waals surface area contributed by atoms with E-state index >= 15 is 0 Å². The summed E-state index contributed by atoms with van der Waals surface area (Å²) in [5.41, 5.74) is 2.44. The standard InChI is InChI=1S/C42H56N4O12S/c1-43-41(47)37-8-3-4-9-40(37)59-35-11-12-36-38(13-10-34-7-5-6-14-44-34)45-46(39(36)33-35)42(48)58-32-31-57-30-29-56-28-27-55-26-25-54-24-23-53-22-21-52-20-19-51-18-17-50-16-15-49-2/h3-14,33H,15-32H2,1-2H3,(H,43,47)/b13-10+. The van der Waals surface area contributed by atoms with Gasteiger partial charge in [-0.2, -0.15) is 9.78 Å². The van der Waals surface area contributed by atoms with Crippen LogP contribution in [-0.4, -0.2) is 160 Å². The molecular weight excluding hydrogens is 785 g/mol. The van der Waals surface area contributed by atoms with E-state index in [1.165, 1.54) is 16.4 Å². The first-order valence-corrected chi connectivity index (χ1v) is 20.3. The molecule has 1 N–H and O–H groups in total. The van der Waals surface area contributed by atoms with Crippen LogP contribution in [0.25, 0.3) is 23.1 Å². The third-order valence-electron chi connectivity index (χ3n) is 8.03. The zero-order valence-corrected chi connectivity index (χ0v) is 34.7. The molecule has 0 spiro atoms. The van der Waals surface area contributed by atoms with Crippen LogP contribution in [-0.2, 0) is 47.4 Å². The Bertz CT molecular complexity index is 1800. The fourth-order valence-electron chi connectivity index (χ4n) is 5.12. The molecule has 0 fully saturated rings. The van der Waals surface area contributed by atoms with Crippen molar-refractivity contribution in [1.82, 2.24) is 20.1 Å². The van der Waals surface area contributed by atoms with Gasteiger partial charge in [0.2, 0.25) is 0 Å². The Kier molecular flexibility index (Phi) is 24.0. The van der Waals surface area contributed by atoms with E-state index < -0.39 is 6.09 Å². The number of amides is 1. The molecule has 17 heteroatoms. The Morgan fingerprint density at radius 3 is 1.69 bits per heavy atom. The van der Waals surface area contributed by atoms with Gasteiger partial charge in [0, 0.05) is 35.5 Å². The van der Waals surface area contributed by atoms with Crippen LogP contribution in [0.5, 0.6) is 0 Å². The molecule has 0 radical (unpaired) electrons. The van der Waals surface area contributed by atoms with Crippen molar-refractivity contribution in [2.45, 2.75) is 9.79 Å². The molecule has 1 amide bonds. The summed E-state index contributed by atoms with van der Waals surface area (Å²) in [7, 11) is 3.24. The summed E-state index contributed by atoms with van der Waals surface area (Å²) in [4.78, 5) is 31.7. The number of nitrogens with zero attached hydrogens (tertiary/aromatic N) is 3. The van der Waals surface area contributed by atoms with Crippen LogP contribution >= 0.6 is 11.8 Å². The van der Waals surface area contributed by atoms with Crippen LogP contribution in [0.3, 0.4) is 0 Å². The van der Waals surface area contributed by atoms with Crippen molar-refractivity contribution >= 4 is 46.8 Å². The summed E-state index contributed by atoms with van der Waals surface area (Å²) in [6.07, 6.45) is 4.70. The fraction of sp³-hybridized carbons (Fsp3) is 0.476. The Labute approximate surface area is 349 Å². The highest BCUT2D eigenvalue weighted by Crippen LogP contribution is 2.33. The zero-order chi connectivity index (χ0) is 41.6. The summed E-state index contributed by atoms with van der Waals surface area (Å²) >= 11 is 1.42. The van der Waals surface area contributed by atoms with E-state index in [9.17, 15) is 9.59 Å². The average Bonchev–Trinajstić information content (AvgIpc) is 3.63. The number of methoxy groups -OCH3 is 1. The van der Waals surface area contributed by atoms with Gasteiger partial charge in [0.1, 0.15) is 6.61 Å². The molecular formula is C42H56N4O12S. The summed E-state index contributed by atoms with van der Waals surface area (Å²) in [6, 6.07) is 18.6. The van der Waals surface area contributed by atoms with Crippen LogP contribution in [0.2, 0.25) is 0 Å². The number of carbonyl (C=O) groups is 2. The van der Waals surface area contributed by atoms with Gasteiger partial charge in [-0.05, 0) is 54.6 Å². The highest BCUT2D eigenvalue weighted by Gasteiger charge is 2.18. The first kappa shape index (κ1) is 47.4. The minimum atomic E-state index is -0.645. The number of ether oxygens (including phenoxy) is 10. The lowest BCUT2D eigenvalue weighted by atomic mass is 10.2. The quantitative estimate of drug-likeness (QED) is 0.0661. The maximum Gasteiger partial charge on any atom is 0.435 e. The average molecular weight is 841 g/mol. The highest BCUT2D eigenvalue weighted by atomic mass is 32.2. The van der Waals surface area contributed by atoms with Gasteiger partial charge in [-0.15, -0.1) is 0 Å². The predicted octanol–water partition coefficient (Wildman–Crippen LogP) is 4.88. The normalized spacial score (nSPS) is 11.5. The monoisotopic (exact) mass is 840 g/mol. The van der Waals surface area contributed by atoms with Gasteiger partial charge in [-0.3, -0.25) is 9.78 Å². The van der Waals surface area contributed by atoms with E-state index in [1.807, 2.05) is 66.7 Å². The van der Waals surface area contributed by atoms with E-state index in [0.29, 0.717) is 122 Å². The minimum absolute atomic E-state index is 0.0255. The molecule has 0 atom stereocenters. The van der Waals surface area contributed by atoms with Crippen LogP contribution in [0.4, 0.5) is 4.79 Å². The van der Waals surface area contributed by atoms with E-state index in [1.54, 1.807) is 26.4 Å². The van der Waals surface area contributed by atoms with Gasteiger partial charge < -0.3 is 52.7 Å². The molecule has 2 heterocycles. The molecule has 2 aromatic carbocycles. The van der Waals surface area contributed by atoms with Crippen LogP contribution in [0, 0.1) is 0 Å². The van der Waals surface area contributed by atoms with E-state index in [4.69, 9.17) is 47.4 Å². The molecule has 4 rings (SSSR count). The van der Waals surface area contributed by atoms with Crippen molar-refractivity contribution in [3.05, 3.63) is 83.8 Å². The summed E-state index contributed by atoms with van der Waals surface area (Å²) in [5.74, 6) is -0.183. The number of benzene rings is 2. The second-order valence-electron chi connectivity index (χ2n) is 12.2. The second kappa shape index (κ2) is 29.9. The first-order valence-electron chi connectivity index (χ1n) is 19.5. The lowest BCUT2D eigenvalue weighted by Gasteiger charge is -2.09. The van der Waals surface area contributed by atoms with E-state index in [-0.39, 0.29) is 19.1 Å². The number of hydrogen-bond acceptors (Lipinski definition) is 15. The van der Waals surface area contributed by atoms with E-state index in [0.717, 1.165) is 20.9 Å². The van der Waals surface area contributed by atoms with Crippen molar-refractivity contribution in [2.75, 3.05) is 133 Å². The predicted molar refractivity (Wildman–Crippen MR) is 222 cm³/mol. The molecule has 0 bridgehead atoms. The first-order chi connectivity index (χ1) is 29.1. The molecule has 0 saturated heterocycles. The summed E-state index contributed by atoms with van der Waals surface area (Å²) in [6.45, 7) is 7.82. The Balaban J connectivity index is 1.06. The smallest absolute Gasteiger partial charge is 0.435 e. The van der Waals surface area contributed by atoms with Crippen molar-refractivity contribution in [1.29, 1.82) is 0 Å². The Hall–Kier alpha value is -4.27. The van der Waals surface area contributed by atoms with Crippen LogP contribution < -0.4 is 5.32 Å². The minimum Gasteiger partial charge on any atom is -0.445 e. The number of fused-ring (bicyclic) bond motifs is 1. The molecule has 2 aromatic heterocycles. The number of pyridine rings is 1. The zero-order valence-electron chi connectivity index (χ0n) is 33.9. The number of aromatic nitrogens is 3. The molecule has 0 aliphatic heterocycles. The lowest BCUT2D eigenvalue weighted by Crippen LogP contribution is -2.19. The summed E-state index contributed by atoms with van der Waals surface area (Å²) < 4.78 is 55.5. The van der Waals surface area contributed by atoms with Gasteiger partial charge >= 0.3 is 6.09 Å². The molecule has 0 unspecified atom stereocenters. The molecule has 16 nitrogen and oxygen atoms in total. The number of nitrogens with one attached hydrogen (secondary N) is 1. The number of hydrogen-bond donors (Lipinski definition) is 1. The van der Waals surface area contributed by atoms with Crippen LogP contribution in [0.15, 0.2) is 76.7 Å². The van der Waals surface area contributed by atoms with Gasteiger partial charge in [0.25, 0.3) is 5.91 Å². The van der Waals surface area contributed by atoms with Crippen molar-refractivity contribution in [2.24, 2.45) is 0 Å². The van der Waals surface area contributed by atoms with Gasteiger partial charge in [0.15, 0.2) is 0 Å². The largest absolute Gasteiger partial charge is 0.445 e. The van der Waals surface area contributed by atoms with Gasteiger partial charge in [-0.25, -0.2) is 4.79 Å². The third kappa shape index (κ3) is 18.7. The molecule has 0 aliphatic carbocycles. The lowest BCUT2D eigenvalue weighted by molar-refractivity contribution is -0.0250. The highest BCUT2D eigenvalue weighted by molar-refractivity contribution is 7.99. The molecule has 59 heavy (non-hydrogen) atoms. The Morgan fingerprint density at radius 2 is 1.17 bits per heavy atom. The third-order valence-corrected chi connectivity index (χ3v) is 9.09. The molecule has 4 aromatic rings. The fourth-order valence-corrected chi connectivity index (χ4v) is 6.10. The van der Waals surface area contributed by atoms with E-state index in [2.05, 4.69) is 15.4 Å². The van der Waals surface area contributed by atoms with Crippen LogP contribution in [0.1, 0.15) is 21.7 Å². The molecule has 0 aliphatic rings. The van der Waals surface area contributed by atoms with Crippen molar-refractivity contribution in [3.8, 4) is 0 Å². The maximum atomic E-state index is 13.3. The number of carbonyl (C=O) groups excluding carboxylic acids is 2. The van der Waals surface area contributed by atoms with Gasteiger partial charge in [0.05, 0.1) is 135 Å². The van der Waals surface area contributed by atoms with Crippen molar-refractivity contribution < 1.29 is 57.0 Å². The SMILES string of the molecule is CNC(=O)c1ccccc1Sc1ccc2c(/C=C/c3ccccn3)nn(C(=O)OCCOCCOCCOCCOCCOCCOCCOCCOCCOC)c2c1. The topological polar surface area (TPSA) is 169 Å². The molecule has 322 valence electrons. The van der Waals surface area contributed by atoms with Gasteiger partial charge in [-0.1, -0.05) is 30.0 Å².